The van der Waals surface area contributed by atoms with E-state index < -0.39 is 5.97 Å². The Bertz CT molecular complexity index is 377. The molecule has 1 aromatic carbocycles. The number of carbonyl (C=O) groups is 1. The molecule has 1 aromatic rings. The average molecular weight is 258 g/mol. The first-order valence-corrected chi connectivity index (χ1v) is 6.19. The molecule has 0 radical (unpaired) electrons. The fraction of sp³-hybridized carbons (Fsp3) is 0.500. The van der Waals surface area contributed by atoms with Gasteiger partial charge >= 0.3 is 35.5 Å². The van der Waals surface area contributed by atoms with E-state index >= 15 is 0 Å². The molecule has 0 unspecified atom stereocenters. The molecule has 0 aliphatic rings. The molecule has 1 N–H and O–H groups in total. The summed E-state index contributed by atoms with van der Waals surface area (Å²) in [6.45, 7) is 2.16. The van der Waals surface area contributed by atoms with Crippen molar-refractivity contribution in [1.82, 2.24) is 0 Å². The molecule has 0 atom stereocenters. The van der Waals surface area contributed by atoms with Gasteiger partial charge in [-0.2, -0.15) is 0 Å². The van der Waals surface area contributed by atoms with Gasteiger partial charge in [-0.15, -0.1) is 0 Å². The summed E-state index contributed by atoms with van der Waals surface area (Å²) in [5.41, 5.74) is 0.615. The van der Waals surface area contributed by atoms with Crippen LogP contribution >= 0.6 is 0 Å². The Labute approximate surface area is 131 Å². The average Bonchev–Trinajstić information content (AvgIpc) is 2.28. The van der Waals surface area contributed by atoms with Crippen molar-refractivity contribution in [2.75, 3.05) is 0 Å². The van der Waals surface area contributed by atoms with Crippen LogP contribution in [0.4, 0.5) is 0 Å². The summed E-state index contributed by atoms with van der Waals surface area (Å²) >= 11 is 0. The van der Waals surface area contributed by atoms with Gasteiger partial charge in [-0.3, -0.25) is 0 Å². The van der Waals surface area contributed by atoms with E-state index in [1.807, 2.05) is 0 Å². The zero-order valence-electron chi connectivity index (χ0n) is 11.2. The van der Waals surface area contributed by atoms with Crippen molar-refractivity contribution in [3.63, 3.8) is 0 Å². The second kappa shape index (κ2) is 9.42. The van der Waals surface area contributed by atoms with Crippen LogP contribution in [0.5, 0.6) is 5.75 Å². The van der Waals surface area contributed by atoms with Gasteiger partial charge in [0.05, 0.1) is 5.56 Å². The van der Waals surface area contributed by atoms with Crippen LogP contribution in [0, 0.1) is 0 Å². The van der Waals surface area contributed by atoms with E-state index in [9.17, 15) is 9.90 Å². The predicted octanol–water partition coefficient (Wildman–Crippen LogP) is -0.0247. The number of aromatic carboxylic acids is 1. The number of rotatable bonds is 7. The summed E-state index contributed by atoms with van der Waals surface area (Å²) < 4.78 is 0. The summed E-state index contributed by atoms with van der Waals surface area (Å²) in [4.78, 5) is 11.0. The van der Waals surface area contributed by atoms with Crippen molar-refractivity contribution >= 4 is 5.97 Å². The standard InChI is InChI=1S/C14H20O3.Na/c1-2-3-4-5-6-8-11-9-7-10-12(15)13(11)14(16)17;/h7,9-10,15H,2-6,8H2,1H3,(H,16,17);/q;+1/p-1. The molecule has 94 valence electrons. The molecule has 18 heavy (non-hydrogen) atoms. The Morgan fingerprint density at radius 1 is 1.22 bits per heavy atom. The third-order valence-electron chi connectivity index (χ3n) is 2.88. The third kappa shape index (κ3) is 5.42. The maximum Gasteiger partial charge on any atom is 1.00 e. The van der Waals surface area contributed by atoms with Crippen LogP contribution < -0.4 is 34.7 Å². The Balaban J connectivity index is 0.00000289. The van der Waals surface area contributed by atoms with E-state index in [0.717, 1.165) is 12.8 Å². The van der Waals surface area contributed by atoms with Gasteiger partial charge in [-0.1, -0.05) is 56.6 Å². The SMILES string of the molecule is CCCCCCCc1cccc([O-])c1C(=O)O.[Na+]. The second-order valence-corrected chi connectivity index (χ2v) is 4.26. The fourth-order valence-corrected chi connectivity index (χ4v) is 1.95. The number of unbranched alkanes of at least 4 members (excludes halogenated alkanes) is 4. The summed E-state index contributed by atoms with van der Waals surface area (Å²) in [6.07, 6.45) is 6.31. The number of aryl methyl sites for hydroxylation is 1. The van der Waals surface area contributed by atoms with Crippen LogP contribution in [0.1, 0.15) is 54.9 Å². The first-order valence-electron chi connectivity index (χ1n) is 6.19. The number of hydrogen-bond acceptors (Lipinski definition) is 2. The predicted molar refractivity (Wildman–Crippen MR) is 65.3 cm³/mol. The first kappa shape index (κ1) is 17.5. The van der Waals surface area contributed by atoms with Gasteiger partial charge in [0, 0.05) is 0 Å². The zero-order chi connectivity index (χ0) is 12.7. The van der Waals surface area contributed by atoms with E-state index in [4.69, 9.17) is 5.11 Å². The maximum absolute atomic E-state index is 11.4. The van der Waals surface area contributed by atoms with E-state index in [1.165, 1.54) is 25.3 Å². The Morgan fingerprint density at radius 2 is 1.89 bits per heavy atom. The van der Waals surface area contributed by atoms with E-state index in [-0.39, 0.29) is 40.9 Å². The largest absolute Gasteiger partial charge is 1.00 e. The van der Waals surface area contributed by atoms with E-state index in [1.54, 1.807) is 12.1 Å². The minimum atomic E-state index is -1.11. The monoisotopic (exact) mass is 258 g/mol. The molecule has 0 fully saturated rings. The molecule has 0 saturated heterocycles. The molecule has 0 spiro atoms. The Hall–Kier alpha value is -0.510. The molecule has 0 aliphatic carbocycles. The molecule has 3 nitrogen and oxygen atoms in total. The molecule has 1 rings (SSSR count). The quantitative estimate of drug-likeness (QED) is 0.552. The van der Waals surface area contributed by atoms with Crippen molar-refractivity contribution < 1.29 is 44.6 Å². The smallest absolute Gasteiger partial charge is 0.872 e. The van der Waals surface area contributed by atoms with Crippen molar-refractivity contribution in [3.05, 3.63) is 29.3 Å². The summed E-state index contributed by atoms with van der Waals surface area (Å²) in [5, 5.41) is 20.4. The molecule has 0 saturated carbocycles. The molecular weight excluding hydrogens is 239 g/mol. The molecule has 0 bridgehead atoms. The Kier molecular flexibility index (Phi) is 9.16. The number of carboxylic acids is 1. The molecule has 0 aliphatic heterocycles. The van der Waals surface area contributed by atoms with Crippen molar-refractivity contribution in [2.24, 2.45) is 0 Å². The summed E-state index contributed by atoms with van der Waals surface area (Å²) in [6, 6.07) is 4.69. The number of benzene rings is 1. The number of hydrogen-bond donors (Lipinski definition) is 1. The van der Waals surface area contributed by atoms with Crippen molar-refractivity contribution in [1.29, 1.82) is 0 Å². The molecule has 0 heterocycles. The van der Waals surface area contributed by atoms with Crippen LogP contribution in [0.15, 0.2) is 18.2 Å². The fourth-order valence-electron chi connectivity index (χ4n) is 1.95. The maximum atomic E-state index is 11.4. The van der Waals surface area contributed by atoms with Gasteiger partial charge in [-0.05, 0) is 18.4 Å². The Morgan fingerprint density at radius 3 is 2.50 bits per heavy atom. The van der Waals surface area contributed by atoms with Gasteiger partial charge in [0.2, 0.25) is 0 Å². The van der Waals surface area contributed by atoms with Crippen LogP contribution in [0.2, 0.25) is 0 Å². The zero-order valence-corrected chi connectivity index (χ0v) is 13.2. The molecule has 4 heteroatoms. The third-order valence-corrected chi connectivity index (χ3v) is 2.88. The second-order valence-electron chi connectivity index (χ2n) is 4.26. The van der Waals surface area contributed by atoms with Crippen molar-refractivity contribution in [3.8, 4) is 5.75 Å². The van der Waals surface area contributed by atoms with Gasteiger partial charge in [0.25, 0.3) is 0 Å². The minimum Gasteiger partial charge on any atom is -0.872 e. The molecular formula is C14H19NaO3. The molecule has 0 amide bonds. The van der Waals surface area contributed by atoms with Crippen LogP contribution in [-0.2, 0) is 6.42 Å². The van der Waals surface area contributed by atoms with Gasteiger partial charge < -0.3 is 10.2 Å². The van der Waals surface area contributed by atoms with Crippen LogP contribution in [-0.4, -0.2) is 11.1 Å². The van der Waals surface area contributed by atoms with Gasteiger partial charge in [-0.25, -0.2) is 4.79 Å². The van der Waals surface area contributed by atoms with E-state index in [2.05, 4.69) is 6.92 Å². The summed E-state index contributed by atoms with van der Waals surface area (Å²) in [5.74, 6) is -1.50. The van der Waals surface area contributed by atoms with E-state index in [0.29, 0.717) is 12.0 Å². The van der Waals surface area contributed by atoms with Crippen LogP contribution in [0.3, 0.4) is 0 Å². The molecule has 0 aromatic heterocycles. The minimum absolute atomic E-state index is 0. The van der Waals surface area contributed by atoms with Crippen LogP contribution in [0.25, 0.3) is 0 Å². The van der Waals surface area contributed by atoms with Crippen molar-refractivity contribution in [2.45, 2.75) is 45.4 Å². The van der Waals surface area contributed by atoms with Gasteiger partial charge in [0.15, 0.2) is 0 Å². The topological polar surface area (TPSA) is 60.4 Å². The number of carboxylic acid groups (broad SMARTS) is 1. The summed E-state index contributed by atoms with van der Waals surface area (Å²) in [7, 11) is 0. The first-order chi connectivity index (χ1) is 8.16. The normalized spacial score (nSPS) is 9.83. The van der Waals surface area contributed by atoms with Gasteiger partial charge in [0.1, 0.15) is 0 Å².